The molecule has 0 bridgehead atoms. The lowest BCUT2D eigenvalue weighted by atomic mass is 9.97. The van der Waals surface area contributed by atoms with Gasteiger partial charge in [0.05, 0.1) is 23.8 Å². The first-order chi connectivity index (χ1) is 16.2. The SMILES string of the molecule is C[C@H](N=C(c1ccccc1)c1ccccc1)[C@H](/C=C/CO[Si](C)(C)C(C)(C)C)OC(=O)C(C)(C)C. The fraction of sp³-hybridized carbons (Fsp3) is 0.467. The van der Waals surface area contributed by atoms with Crippen molar-refractivity contribution in [2.45, 2.75) is 78.7 Å². The van der Waals surface area contributed by atoms with E-state index in [4.69, 9.17) is 14.2 Å². The van der Waals surface area contributed by atoms with Crippen molar-refractivity contribution in [1.82, 2.24) is 0 Å². The van der Waals surface area contributed by atoms with Crippen LogP contribution in [-0.2, 0) is 14.0 Å². The van der Waals surface area contributed by atoms with Gasteiger partial charge in [-0.05, 0) is 51.9 Å². The van der Waals surface area contributed by atoms with E-state index in [0.717, 1.165) is 16.8 Å². The second kappa shape index (κ2) is 12.0. The summed E-state index contributed by atoms with van der Waals surface area (Å²) in [5.41, 5.74) is 2.32. The highest BCUT2D eigenvalue weighted by Crippen LogP contribution is 2.36. The first-order valence-corrected chi connectivity index (χ1v) is 15.3. The molecule has 190 valence electrons. The number of aliphatic imine (C=N–C) groups is 1. The molecule has 0 aliphatic heterocycles. The van der Waals surface area contributed by atoms with Gasteiger partial charge in [-0.3, -0.25) is 9.79 Å². The third-order valence-corrected chi connectivity index (χ3v) is 10.9. The van der Waals surface area contributed by atoms with Crippen LogP contribution in [0.3, 0.4) is 0 Å². The van der Waals surface area contributed by atoms with Crippen molar-refractivity contribution < 1.29 is 14.0 Å². The molecule has 4 nitrogen and oxygen atoms in total. The number of hydrogen-bond acceptors (Lipinski definition) is 4. The van der Waals surface area contributed by atoms with Crippen LogP contribution in [0.5, 0.6) is 0 Å². The smallest absolute Gasteiger partial charge is 0.311 e. The van der Waals surface area contributed by atoms with Crippen LogP contribution < -0.4 is 0 Å². The van der Waals surface area contributed by atoms with Gasteiger partial charge in [0.15, 0.2) is 8.32 Å². The summed E-state index contributed by atoms with van der Waals surface area (Å²) in [6.45, 7) is 19.2. The molecule has 0 spiro atoms. The lowest BCUT2D eigenvalue weighted by Gasteiger charge is -2.35. The van der Waals surface area contributed by atoms with E-state index in [1.165, 1.54) is 0 Å². The Bertz CT molecular complexity index is 958. The van der Waals surface area contributed by atoms with Crippen LogP contribution in [-0.4, -0.2) is 38.8 Å². The summed E-state index contributed by atoms with van der Waals surface area (Å²) in [6.07, 6.45) is 3.39. The maximum absolute atomic E-state index is 12.8. The zero-order valence-corrected chi connectivity index (χ0v) is 24.0. The third-order valence-electron chi connectivity index (χ3n) is 6.43. The topological polar surface area (TPSA) is 47.9 Å². The molecule has 0 fully saturated rings. The minimum absolute atomic E-state index is 0.136. The van der Waals surface area contributed by atoms with Crippen LogP contribution in [0, 0.1) is 5.41 Å². The molecule has 0 N–H and O–H groups in total. The molecule has 0 saturated heterocycles. The van der Waals surface area contributed by atoms with Gasteiger partial charge in [-0.2, -0.15) is 0 Å². The number of rotatable bonds is 9. The van der Waals surface area contributed by atoms with Crippen LogP contribution in [0.25, 0.3) is 0 Å². The van der Waals surface area contributed by atoms with E-state index in [2.05, 4.69) is 58.1 Å². The van der Waals surface area contributed by atoms with E-state index < -0.39 is 19.8 Å². The van der Waals surface area contributed by atoms with Crippen molar-refractivity contribution in [3.05, 3.63) is 83.9 Å². The Kier molecular flexibility index (Phi) is 9.82. The molecule has 0 aliphatic rings. The molecule has 0 saturated carbocycles. The highest BCUT2D eigenvalue weighted by atomic mass is 28.4. The number of carbonyl (C=O) groups is 1. The first kappa shape index (κ1) is 28.7. The van der Waals surface area contributed by atoms with Gasteiger partial charge in [-0.15, -0.1) is 0 Å². The molecule has 0 unspecified atom stereocenters. The molecule has 0 heterocycles. The Labute approximate surface area is 213 Å². The van der Waals surface area contributed by atoms with Gasteiger partial charge in [-0.25, -0.2) is 0 Å². The first-order valence-electron chi connectivity index (χ1n) is 12.4. The van der Waals surface area contributed by atoms with E-state index in [1.807, 2.05) is 76.2 Å². The average Bonchev–Trinajstić information content (AvgIpc) is 2.79. The predicted molar refractivity (Wildman–Crippen MR) is 150 cm³/mol. The summed E-state index contributed by atoms with van der Waals surface area (Å²) >= 11 is 0. The monoisotopic (exact) mass is 493 g/mol. The Balaban J connectivity index is 2.36. The van der Waals surface area contributed by atoms with E-state index in [-0.39, 0.29) is 17.0 Å². The van der Waals surface area contributed by atoms with Gasteiger partial charge < -0.3 is 9.16 Å². The second-order valence-corrected chi connectivity index (χ2v) is 16.4. The maximum atomic E-state index is 12.8. The molecular weight excluding hydrogens is 450 g/mol. The van der Waals surface area contributed by atoms with Crippen molar-refractivity contribution in [2.24, 2.45) is 10.4 Å². The number of benzene rings is 2. The number of hydrogen-bond donors (Lipinski definition) is 0. The minimum atomic E-state index is -1.87. The molecule has 2 aromatic rings. The molecule has 2 atom stereocenters. The standard InChI is InChI=1S/C30H43NO3Si/c1-23(31-27(24-17-12-10-13-18-24)25-19-14-11-15-20-25)26(34-28(32)29(2,3)4)21-16-22-33-35(8,9)30(5,6)7/h10-21,23,26H,22H2,1-9H3/b21-16+/t23-,26-/m0/s1. The van der Waals surface area contributed by atoms with E-state index in [1.54, 1.807) is 0 Å². The largest absolute Gasteiger partial charge is 0.455 e. The Hall–Kier alpha value is -2.50. The zero-order valence-electron chi connectivity index (χ0n) is 23.0. The van der Waals surface area contributed by atoms with Crippen LogP contribution in [0.1, 0.15) is 59.6 Å². The second-order valence-electron chi connectivity index (χ2n) is 11.6. The fourth-order valence-electron chi connectivity index (χ4n) is 3.05. The normalized spacial score (nSPS) is 14.4. The van der Waals surface area contributed by atoms with Crippen molar-refractivity contribution in [3.63, 3.8) is 0 Å². The Morgan fingerprint density at radius 3 is 1.83 bits per heavy atom. The number of carbonyl (C=O) groups excluding carboxylic acids is 1. The maximum Gasteiger partial charge on any atom is 0.311 e. The fourth-order valence-corrected chi connectivity index (χ4v) is 3.99. The summed E-state index contributed by atoms with van der Waals surface area (Å²) in [5.74, 6) is -0.250. The molecule has 2 aromatic carbocycles. The molecular formula is C30H43NO3Si. The molecule has 0 radical (unpaired) electrons. The highest BCUT2D eigenvalue weighted by Gasteiger charge is 2.36. The zero-order chi connectivity index (χ0) is 26.3. The van der Waals surface area contributed by atoms with Crippen molar-refractivity contribution in [2.75, 3.05) is 6.61 Å². The third kappa shape index (κ3) is 8.59. The Morgan fingerprint density at radius 1 is 0.914 bits per heavy atom. The molecule has 0 aromatic heterocycles. The highest BCUT2D eigenvalue weighted by molar-refractivity contribution is 6.74. The molecule has 0 amide bonds. The van der Waals surface area contributed by atoms with Crippen molar-refractivity contribution >= 4 is 20.0 Å². The van der Waals surface area contributed by atoms with Crippen molar-refractivity contribution in [3.8, 4) is 0 Å². The molecule has 5 heteroatoms. The Morgan fingerprint density at radius 2 is 1.40 bits per heavy atom. The average molecular weight is 494 g/mol. The van der Waals surface area contributed by atoms with E-state index >= 15 is 0 Å². The number of esters is 1. The number of nitrogens with zero attached hydrogens (tertiary/aromatic N) is 1. The summed E-state index contributed by atoms with van der Waals surface area (Å²) in [7, 11) is -1.87. The molecule has 35 heavy (non-hydrogen) atoms. The summed E-state index contributed by atoms with van der Waals surface area (Å²) in [4.78, 5) is 17.9. The van der Waals surface area contributed by atoms with Gasteiger partial charge in [0, 0.05) is 11.1 Å². The van der Waals surface area contributed by atoms with E-state index in [9.17, 15) is 4.79 Å². The predicted octanol–water partition coefficient (Wildman–Crippen LogP) is 7.45. The van der Waals surface area contributed by atoms with Gasteiger partial charge in [0.1, 0.15) is 6.10 Å². The van der Waals surface area contributed by atoms with Crippen LogP contribution >= 0.6 is 0 Å². The lowest BCUT2D eigenvalue weighted by molar-refractivity contribution is -0.157. The lowest BCUT2D eigenvalue weighted by Crippen LogP contribution is -2.40. The summed E-state index contributed by atoms with van der Waals surface area (Å²) < 4.78 is 12.3. The molecule has 2 rings (SSSR count). The van der Waals surface area contributed by atoms with Crippen molar-refractivity contribution in [1.29, 1.82) is 0 Å². The van der Waals surface area contributed by atoms with Gasteiger partial charge in [0.25, 0.3) is 0 Å². The quantitative estimate of drug-likeness (QED) is 0.158. The van der Waals surface area contributed by atoms with Crippen LogP contribution in [0.15, 0.2) is 77.8 Å². The summed E-state index contributed by atoms with van der Waals surface area (Å²) in [6, 6.07) is 19.9. The summed E-state index contributed by atoms with van der Waals surface area (Å²) in [5, 5.41) is 0.136. The van der Waals surface area contributed by atoms with E-state index in [0.29, 0.717) is 6.61 Å². The number of ether oxygens (including phenoxy) is 1. The van der Waals surface area contributed by atoms with Gasteiger partial charge in [0.2, 0.25) is 0 Å². The van der Waals surface area contributed by atoms with Crippen LogP contribution in [0.2, 0.25) is 18.1 Å². The minimum Gasteiger partial charge on any atom is -0.455 e. The molecule has 0 aliphatic carbocycles. The van der Waals surface area contributed by atoms with Gasteiger partial charge in [-0.1, -0.05) is 87.5 Å². The van der Waals surface area contributed by atoms with Crippen LogP contribution in [0.4, 0.5) is 0 Å². The van der Waals surface area contributed by atoms with Gasteiger partial charge >= 0.3 is 5.97 Å².